The summed E-state index contributed by atoms with van der Waals surface area (Å²) >= 11 is 3.23. The van der Waals surface area contributed by atoms with Crippen molar-refractivity contribution in [2.75, 3.05) is 19.7 Å². The number of amides is 1. The summed E-state index contributed by atoms with van der Waals surface area (Å²) in [5.74, 6) is -0.714. The Morgan fingerprint density at radius 3 is 2.65 bits per heavy atom. The molecule has 2 rings (SSSR count). The van der Waals surface area contributed by atoms with E-state index in [9.17, 15) is 18.0 Å². The van der Waals surface area contributed by atoms with Gasteiger partial charge in [-0.25, -0.2) is 0 Å². The van der Waals surface area contributed by atoms with Gasteiger partial charge in [0.2, 0.25) is 0 Å². The molecule has 0 spiro atoms. The highest BCUT2D eigenvalue weighted by molar-refractivity contribution is 9.10. The summed E-state index contributed by atoms with van der Waals surface area (Å²) in [6, 6.07) is 1.70. The van der Waals surface area contributed by atoms with E-state index in [4.69, 9.17) is 5.11 Å². The molecular weight excluding hydrogens is 341 g/mol. The second kappa shape index (κ2) is 5.77. The van der Waals surface area contributed by atoms with Gasteiger partial charge >= 0.3 is 6.18 Å². The Bertz CT molecular complexity index is 497. The third-order valence-corrected chi connectivity index (χ3v) is 3.44. The summed E-state index contributed by atoms with van der Waals surface area (Å²) in [6.45, 7) is -2.21. The third-order valence-electron chi connectivity index (χ3n) is 3.00. The predicted octanol–water partition coefficient (Wildman–Crippen LogP) is 2.58. The number of alkyl halides is 3. The number of carbonyl (C=O) groups is 1. The van der Waals surface area contributed by atoms with Crippen LogP contribution in [-0.4, -0.2) is 46.4 Å². The molecular formula is C12H14BrF3N2O2. The van der Waals surface area contributed by atoms with Crippen LogP contribution in [0.15, 0.2) is 16.7 Å². The number of nitrogens with zero attached hydrogens (tertiary/aromatic N) is 2. The maximum Gasteiger partial charge on any atom is 0.406 e. The lowest BCUT2D eigenvalue weighted by molar-refractivity contribution is -0.141. The topological polar surface area (TPSA) is 45.5 Å². The molecule has 8 heteroatoms. The molecule has 0 radical (unpaired) electrons. The molecule has 112 valence electrons. The molecule has 0 saturated heterocycles. The first-order valence-corrected chi connectivity index (χ1v) is 6.95. The molecule has 1 aromatic rings. The highest BCUT2D eigenvalue weighted by Crippen LogP contribution is 2.37. The van der Waals surface area contributed by atoms with Gasteiger partial charge in [0.15, 0.2) is 0 Å². The van der Waals surface area contributed by atoms with Crippen molar-refractivity contribution >= 4 is 21.8 Å². The summed E-state index contributed by atoms with van der Waals surface area (Å²) < 4.78 is 39.8. The second-order valence-electron chi connectivity index (χ2n) is 4.75. The SMILES string of the molecule is O=C(c1cc(Br)cn1C1CC1)N(CCO)CC(F)(F)F. The predicted molar refractivity (Wildman–Crippen MR) is 69.4 cm³/mol. The van der Waals surface area contributed by atoms with Crippen molar-refractivity contribution in [3.05, 3.63) is 22.4 Å². The van der Waals surface area contributed by atoms with Gasteiger partial charge in [0.25, 0.3) is 5.91 Å². The van der Waals surface area contributed by atoms with Crippen LogP contribution >= 0.6 is 15.9 Å². The first-order chi connectivity index (χ1) is 9.31. The van der Waals surface area contributed by atoms with E-state index in [2.05, 4.69) is 15.9 Å². The molecule has 0 aromatic carbocycles. The quantitative estimate of drug-likeness (QED) is 0.883. The van der Waals surface area contributed by atoms with Crippen molar-refractivity contribution in [3.63, 3.8) is 0 Å². The average molecular weight is 355 g/mol. The maximum atomic E-state index is 12.5. The Hall–Kier alpha value is -1.02. The number of halogens is 4. The summed E-state index contributed by atoms with van der Waals surface area (Å²) in [4.78, 5) is 12.9. The Morgan fingerprint density at radius 1 is 1.50 bits per heavy atom. The smallest absolute Gasteiger partial charge is 0.395 e. The Balaban J connectivity index is 2.22. The van der Waals surface area contributed by atoms with E-state index in [1.54, 1.807) is 10.8 Å². The first-order valence-electron chi connectivity index (χ1n) is 6.16. The molecule has 1 aliphatic rings. The van der Waals surface area contributed by atoms with E-state index in [0.29, 0.717) is 9.37 Å². The molecule has 20 heavy (non-hydrogen) atoms. The van der Waals surface area contributed by atoms with E-state index in [0.717, 1.165) is 12.8 Å². The Morgan fingerprint density at radius 2 is 2.15 bits per heavy atom. The van der Waals surface area contributed by atoms with Crippen LogP contribution in [0.1, 0.15) is 29.4 Å². The minimum atomic E-state index is -4.49. The molecule has 0 bridgehead atoms. The van der Waals surface area contributed by atoms with Gasteiger partial charge in [-0.3, -0.25) is 4.79 Å². The molecule has 1 heterocycles. The van der Waals surface area contributed by atoms with Gasteiger partial charge < -0.3 is 14.6 Å². The summed E-state index contributed by atoms with van der Waals surface area (Å²) in [6.07, 6.45) is -0.948. The molecule has 1 saturated carbocycles. The van der Waals surface area contributed by atoms with E-state index < -0.39 is 25.2 Å². The van der Waals surface area contributed by atoms with Crippen LogP contribution < -0.4 is 0 Å². The van der Waals surface area contributed by atoms with Gasteiger partial charge in [0, 0.05) is 23.3 Å². The number of carbonyl (C=O) groups excluding carboxylic acids is 1. The number of hydrogen-bond donors (Lipinski definition) is 1. The van der Waals surface area contributed by atoms with Crippen LogP contribution in [0.5, 0.6) is 0 Å². The Kier molecular flexibility index (Phi) is 4.43. The summed E-state index contributed by atoms with van der Waals surface area (Å²) in [7, 11) is 0. The largest absolute Gasteiger partial charge is 0.406 e. The van der Waals surface area contributed by atoms with Gasteiger partial charge in [-0.1, -0.05) is 0 Å². The lowest BCUT2D eigenvalue weighted by Gasteiger charge is -2.23. The fraction of sp³-hybridized carbons (Fsp3) is 0.583. The lowest BCUT2D eigenvalue weighted by atomic mass is 10.3. The fourth-order valence-corrected chi connectivity index (χ4v) is 2.46. The molecule has 0 aliphatic heterocycles. The molecule has 1 N–H and O–H groups in total. The zero-order valence-corrected chi connectivity index (χ0v) is 12.1. The van der Waals surface area contributed by atoms with Crippen LogP contribution in [0, 0.1) is 0 Å². The van der Waals surface area contributed by atoms with E-state index in [-0.39, 0.29) is 18.3 Å². The van der Waals surface area contributed by atoms with Gasteiger partial charge in [0.1, 0.15) is 12.2 Å². The molecule has 1 aliphatic carbocycles. The summed E-state index contributed by atoms with van der Waals surface area (Å²) in [5, 5.41) is 8.85. The molecule has 1 aromatic heterocycles. The van der Waals surface area contributed by atoms with Crippen LogP contribution in [0.25, 0.3) is 0 Å². The molecule has 1 fully saturated rings. The van der Waals surface area contributed by atoms with Crippen molar-refractivity contribution in [3.8, 4) is 0 Å². The minimum Gasteiger partial charge on any atom is -0.395 e. The van der Waals surface area contributed by atoms with Crippen molar-refractivity contribution in [2.45, 2.75) is 25.1 Å². The van der Waals surface area contributed by atoms with Crippen molar-refractivity contribution in [2.24, 2.45) is 0 Å². The van der Waals surface area contributed by atoms with Crippen molar-refractivity contribution in [1.82, 2.24) is 9.47 Å². The van der Waals surface area contributed by atoms with Crippen LogP contribution in [-0.2, 0) is 0 Å². The maximum absolute atomic E-state index is 12.5. The van der Waals surface area contributed by atoms with Crippen LogP contribution in [0.4, 0.5) is 13.2 Å². The van der Waals surface area contributed by atoms with Crippen molar-refractivity contribution in [1.29, 1.82) is 0 Å². The number of aliphatic hydroxyl groups is 1. The molecule has 0 atom stereocenters. The van der Waals surface area contributed by atoms with E-state index in [1.807, 2.05) is 0 Å². The van der Waals surface area contributed by atoms with E-state index >= 15 is 0 Å². The van der Waals surface area contributed by atoms with E-state index in [1.165, 1.54) is 6.07 Å². The monoisotopic (exact) mass is 354 g/mol. The standard InChI is InChI=1S/C12H14BrF3N2O2/c13-8-5-10(18(6-8)9-1-2-9)11(20)17(3-4-19)7-12(14,15)16/h5-6,9,19H,1-4,7H2. The molecule has 0 unspecified atom stereocenters. The minimum absolute atomic E-state index is 0.183. The zero-order chi connectivity index (χ0) is 14.9. The number of hydrogen-bond acceptors (Lipinski definition) is 2. The number of aliphatic hydroxyl groups excluding tert-OH is 1. The normalized spacial score (nSPS) is 15.4. The molecule has 4 nitrogen and oxygen atoms in total. The molecule has 1 amide bonds. The number of rotatable bonds is 5. The van der Waals surface area contributed by atoms with Gasteiger partial charge in [-0.15, -0.1) is 0 Å². The van der Waals surface area contributed by atoms with Crippen LogP contribution in [0.3, 0.4) is 0 Å². The highest BCUT2D eigenvalue weighted by atomic mass is 79.9. The second-order valence-corrected chi connectivity index (χ2v) is 5.66. The first kappa shape index (κ1) is 15.4. The van der Waals surface area contributed by atoms with Gasteiger partial charge in [-0.05, 0) is 34.8 Å². The average Bonchev–Trinajstić information content (AvgIpc) is 3.09. The van der Waals surface area contributed by atoms with Gasteiger partial charge in [-0.2, -0.15) is 13.2 Å². The van der Waals surface area contributed by atoms with Gasteiger partial charge in [0.05, 0.1) is 6.61 Å². The van der Waals surface area contributed by atoms with Crippen LogP contribution in [0.2, 0.25) is 0 Å². The zero-order valence-electron chi connectivity index (χ0n) is 10.5. The Labute approximate surface area is 122 Å². The van der Waals surface area contributed by atoms with Crippen molar-refractivity contribution < 1.29 is 23.1 Å². The highest BCUT2D eigenvalue weighted by Gasteiger charge is 2.35. The lowest BCUT2D eigenvalue weighted by Crippen LogP contribution is -2.41. The summed E-state index contributed by atoms with van der Waals surface area (Å²) in [5.41, 5.74) is 0.220. The third kappa shape index (κ3) is 3.76. The number of aromatic nitrogens is 1. The fourth-order valence-electron chi connectivity index (χ4n) is 2.02.